The number of methoxy groups -OCH3 is 1. The number of nitrogens with zero attached hydrogens (tertiary/aromatic N) is 5. The molecule has 1 unspecified atom stereocenters. The molecule has 3 aromatic rings. The molecule has 32 heavy (non-hydrogen) atoms. The van der Waals surface area contributed by atoms with Crippen LogP contribution < -0.4 is 0 Å². The lowest BCUT2D eigenvalue weighted by molar-refractivity contribution is 0.0599. The average Bonchev–Trinajstić information content (AvgIpc) is 3.27. The highest BCUT2D eigenvalue weighted by molar-refractivity contribution is 7.71. The Hall–Kier alpha value is -2.82. The molecule has 1 atom stereocenters. The van der Waals surface area contributed by atoms with Gasteiger partial charge in [-0.1, -0.05) is 0 Å². The predicted octanol–water partition coefficient (Wildman–Crippen LogP) is 3.94. The number of furan rings is 1. The minimum atomic E-state index is -0.428. The first-order valence-electron chi connectivity index (χ1n) is 10.1. The van der Waals surface area contributed by atoms with Crippen LogP contribution in [0.25, 0.3) is 5.69 Å². The summed E-state index contributed by atoms with van der Waals surface area (Å²) in [6, 6.07) is 7.85. The van der Waals surface area contributed by atoms with Crippen molar-refractivity contribution >= 4 is 18.2 Å². The monoisotopic (exact) mass is 461 g/mol. The zero-order valence-electron chi connectivity index (χ0n) is 19.1. The van der Waals surface area contributed by atoms with E-state index in [0.29, 0.717) is 35.1 Å². The van der Waals surface area contributed by atoms with Gasteiger partial charge in [-0.3, -0.25) is 14.4 Å². The quantitative estimate of drug-likeness (QED) is 0.372. The van der Waals surface area contributed by atoms with E-state index in [9.17, 15) is 9.18 Å². The number of esters is 1. The maximum atomic E-state index is 13.5. The van der Waals surface area contributed by atoms with Crippen molar-refractivity contribution in [3.05, 3.63) is 63.8 Å². The van der Waals surface area contributed by atoms with Crippen molar-refractivity contribution in [2.24, 2.45) is 0 Å². The molecule has 0 saturated carbocycles. The molecular weight excluding hydrogens is 433 g/mol. The van der Waals surface area contributed by atoms with Crippen LogP contribution in [0.3, 0.4) is 0 Å². The molecule has 0 radical (unpaired) electrons. The molecule has 172 valence electrons. The molecule has 0 aliphatic heterocycles. The molecule has 0 amide bonds. The lowest BCUT2D eigenvalue weighted by Crippen LogP contribution is -2.23. The number of hydrogen-bond donors (Lipinski definition) is 0. The van der Waals surface area contributed by atoms with Gasteiger partial charge in [-0.2, -0.15) is 5.10 Å². The Bertz CT molecular complexity index is 1150. The van der Waals surface area contributed by atoms with Gasteiger partial charge < -0.3 is 9.15 Å². The molecule has 8 nitrogen and oxygen atoms in total. The summed E-state index contributed by atoms with van der Waals surface area (Å²) in [6.07, 6.45) is 0. The number of hydrogen-bond acceptors (Lipinski definition) is 7. The van der Waals surface area contributed by atoms with Crippen LogP contribution in [0, 0.1) is 17.5 Å². The van der Waals surface area contributed by atoms with E-state index in [-0.39, 0.29) is 11.9 Å². The fourth-order valence-corrected chi connectivity index (χ4v) is 3.63. The predicted molar refractivity (Wildman–Crippen MR) is 121 cm³/mol. The summed E-state index contributed by atoms with van der Waals surface area (Å²) in [5.41, 5.74) is 1.16. The number of aromatic nitrogens is 3. The molecule has 0 aliphatic rings. The number of benzene rings is 1. The lowest BCUT2D eigenvalue weighted by atomic mass is 10.2. The molecule has 0 spiro atoms. The summed E-state index contributed by atoms with van der Waals surface area (Å²) in [5.74, 6) is 1.16. The van der Waals surface area contributed by atoms with E-state index in [1.165, 1.54) is 19.2 Å². The highest BCUT2D eigenvalue weighted by Gasteiger charge is 2.21. The fourth-order valence-electron chi connectivity index (χ4n) is 3.33. The van der Waals surface area contributed by atoms with Crippen molar-refractivity contribution in [1.82, 2.24) is 24.1 Å². The summed E-state index contributed by atoms with van der Waals surface area (Å²) in [6.45, 7) is 4.60. The molecule has 0 N–H and O–H groups in total. The van der Waals surface area contributed by atoms with Gasteiger partial charge in [-0.15, -0.1) is 0 Å². The molecule has 3 rings (SSSR count). The Morgan fingerprint density at radius 1 is 1.28 bits per heavy atom. The van der Waals surface area contributed by atoms with Crippen molar-refractivity contribution in [2.45, 2.75) is 33.1 Å². The number of ether oxygens (including phenoxy) is 1. The number of carbonyl (C=O) groups excluding carboxylic acids is 1. The van der Waals surface area contributed by atoms with Crippen molar-refractivity contribution in [1.29, 1.82) is 0 Å². The van der Waals surface area contributed by atoms with E-state index >= 15 is 0 Å². The molecule has 2 aromatic heterocycles. The van der Waals surface area contributed by atoms with Crippen LogP contribution in [-0.2, 0) is 18.0 Å². The number of rotatable bonds is 8. The Labute approximate surface area is 191 Å². The van der Waals surface area contributed by atoms with E-state index < -0.39 is 5.97 Å². The first kappa shape index (κ1) is 23.8. The van der Waals surface area contributed by atoms with Crippen LogP contribution in [0.2, 0.25) is 0 Å². The molecule has 0 bridgehead atoms. The Morgan fingerprint density at radius 2 is 1.94 bits per heavy atom. The van der Waals surface area contributed by atoms with Gasteiger partial charge in [0.1, 0.15) is 22.9 Å². The van der Waals surface area contributed by atoms with Crippen molar-refractivity contribution in [3.63, 3.8) is 0 Å². The number of halogens is 1. The zero-order chi connectivity index (χ0) is 23.6. The third-order valence-electron chi connectivity index (χ3n) is 5.27. The molecule has 0 aliphatic carbocycles. The molecule has 0 saturated heterocycles. The second-order valence-electron chi connectivity index (χ2n) is 7.92. The third-order valence-corrected chi connectivity index (χ3v) is 5.67. The largest absolute Gasteiger partial charge is 0.465 e. The first-order chi connectivity index (χ1) is 15.1. The summed E-state index contributed by atoms with van der Waals surface area (Å²) < 4.78 is 28.0. The SMILES string of the molecule is COC(=O)c1cc(CN(C)Cn2nc(C(C)N(C)C)n(-c3ccc(F)cc3)c2=S)oc1C. The van der Waals surface area contributed by atoms with Crippen LogP contribution in [-0.4, -0.2) is 58.4 Å². The van der Waals surface area contributed by atoms with Gasteiger partial charge in [0.2, 0.25) is 4.77 Å². The van der Waals surface area contributed by atoms with Gasteiger partial charge in [0.15, 0.2) is 5.82 Å². The van der Waals surface area contributed by atoms with Gasteiger partial charge in [0, 0.05) is 5.69 Å². The van der Waals surface area contributed by atoms with E-state index in [1.54, 1.807) is 29.8 Å². The van der Waals surface area contributed by atoms with Gasteiger partial charge in [-0.05, 0) is 77.5 Å². The normalized spacial score (nSPS) is 12.5. The van der Waals surface area contributed by atoms with Crippen molar-refractivity contribution in [2.75, 3.05) is 28.3 Å². The maximum absolute atomic E-state index is 13.5. The summed E-state index contributed by atoms with van der Waals surface area (Å²) in [4.78, 5) is 15.8. The van der Waals surface area contributed by atoms with E-state index in [0.717, 1.165) is 11.5 Å². The Balaban J connectivity index is 1.89. The van der Waals surface area contributed by atoms with Crippen LogP contribution >= 0.6 is 12.2 Å². The van der Waals surface area contributed by atoms with Gasteiger partial charge in [0.25, 0.3) is 0 Å². The van der Waals surface area contributed by atoms with Crippen LogP contribution in [0.1, 0.15) is 40.7 Å². The molecular formula is C22H28FN5O3S. The van der Waals surface area contributed by atoms with Gasteiger partial charge in [-0.25, -0.2) is 13.9 Å². The van der Waals surface area contributed by atoms with Gasteiger partial charge >= 0.3 is 5.97 Å². The summed E-state index contributed by atoms with van der Waals surface area (Å²) >= 11 is 5.73. The van der Waals surface area contributed by atoms with Crippen LogP contribution in [0.4, 0.5) is 4.39 Å². The zero-order valence-corrected chi connectivity index (χ0v) is 19.9. The standard InChI is InChI=1S/C22H28FN5O3S/c1-14(25(3)4)20-24-27(22(32)28(20)17-9-7-16(23)8-10-17)13-26(5)12-18-11-19(15(2)31-18)21(29)30-6/h7-11,14H,12-13H2,1-6H3. The minimum Gasteiger partial charge on any atom is -0.465 e. The highest BCUT2D eigenvalue weighted by atomic mass is 32.1. The molecule has 1 aromatic carbocycles. The topological polar surface area (TPSA) is 68.7 Å². The summed E-state index contributed by atoms with van der Waals surface area (Å²) in [7, 11) is 7.17. The second-order valence-corrected chi connectivity index (χ2v) is 8.29. The average molecular weight is 462 g/mol. The van der Waals surface area contributed by atoms with E-state index in [2.05, 4.69) is 0 Å². The molecule has 10 heteroatoms. The van der Waals surface area contributed by atoms with Crippen molar-refractivity contribution < 1.29 is 18.3 Å². The number of aryl methyl sites for hydroxylation is 1. The fraction of sp³-hybridized carbons (Fsp3) is 0.409. The number of carbonyl (C=O) groups is 1. The smallest absolute Gasteiger partial charge is 0.341 e. The Morgan fingerprint density at radius 3 is 2.53 bits per heavy atom. The Kier molecular flexibility index (Phi) is 7.27. The van der Waals surface area contributed by atoms with Crippen molar-refractivity contribution in [3.8, 4) is 5.69 Å². The molecule has 0 fully saturated rings. The van der Waals surface area contributed by atoms with Crippen LogP contribution in [0.5, 0.6) is 0 Å². The van der Waals surface area contributed by atoms with Gasteiger partial charge in [0.05, 0.1) is 26.4 Å². The summed E-state index contributed by atoms with van der Waals surface area (Å²) in [5, 5.41) is 4.77. The molecule has 2 heterocycles. The van der Waals surface area contributed by atoms with E-state index in [4.69, 9.17) is 26.5 Å². The maximum Gasteiger partial charge on any atom is 0.341 e. The minimum absolute atomic E-state index is 0.0244. The lowest BCUT2D eigenvalue weighted by Gasteiger charge is -2.19. The highest BCUT2D eigenvalue weighted by Crippen LogP contribution is 2.22. The van der Waals surface area contributed by atoms with E-state index in [1.807, 2.05) is 42.4 Å². The third kappa shape index (κ3) is 4.98. The van der Waals surface area contributed by atoms with Crippen LogP contribution in [0.15, 0.2) is 34.7 Å². The second kappa shape index (κ2) is 9.76. The first-order valence-corrected chi connectivity index (χ1v) is 10.5.